The number of pyridine rings is 1. The normalized spacial score (nSPS) is 28.1. The average Bonchev–Trinajstić information content (AvgIpc) is 2.54. The number of ether oxygens (including phenoxy) is 1. The van der Waals surface area contributed by atoms with Gasteiger partial charge in [0, 0.05) is 24.2 Å². The van der Waals surface area contributed by atoms with Crippen LogP contribution in [0.25, 0.3) is 0 Å². The van der Waals surface area contributed by atoms with Gasteiger partial charge in [-0.3, -0.25) is 0 Å². The van der Waals surface area contributed by atoms with Gasteiger partial charge < -0.3 is 15.6 Å². The van der Waals surface area contributed by atoms with Crippen molar-refractivity contribution in [3.05, 3.63) is 23.9 Å². The van der Waals surface area contributed by atoms with Gasteiger partial charge in [-0.25, -0.2) is 4.98 Å². The molecule has 1 fully saturated rings. The Morgan fingerprint density at radius 3 is 2.90 bits per heavy atom. The van der Waals surface area contributed by atoms with E-state index in [0.717, 1.165) is 31.2 Å². The van der Waals surface area contributed by atoms with Crippen molar-refractivity contribution >= 4 is 0 Å². The zero-order valence-electron chi connectivity index (χ0n) is 12.5. The van der Waals surface area contributed by atoms with E-state index < -0.39 is 6.10 Å². The van der Waals surface area contributed by atoms with E-state index in [1.807, 2.05) is 6.07 Å². The van der Waals surface area contributed by atoms with Crippen LogP contribution in [0, 0.1) is 11.3 Å². The largest absolute Gasteiger partial charge is 0.481 e. The fourth-order valence-corrected chi connectivity index (χ4v) is 3.44. The highest BCUT2D eigenvalue weighted by atomic mass is 16.5. The summed E-state index contributed by atoms with van der Waals surface area (Å²) in [5, 5.41) is 10.8. The van der Waals surface area contributed by atoms with E-state index in [9.17, 15) is 5.11 Å². The molecule has 2 rings (SSSR count). The summed E-state index contributed by atoms with van der Waals surface area (Å²) in [6.07, 6.45) is 6.73. The first kappa shape index (κ1) is 15.3. The van der Waals surface area contributed by atoms with Gasteiger partial charge in [-0.05, 0) is 30.4 Å². The molecule has 0 aliphatic heterocycles. The zero-order valence-corrected chi connectivity index (χ0v) is 12.5. The summed E-state index contributed by atoms with van der Waals surface area (Å²) in [5.74, 6) is 1.24. The molecule has 112 valence electrons. The lowest BCUT2D eigenvalue weighted by Crippen LogP contribution is -2.41. The molecule has 0 amide bonds. The maximum atomic E-state index is 10.8. The summed E-state index contributed by atoms with van der Waals surface area (Å²) in [6.45, 7) is 2.75. The lowest BCUT2D eigenvalue weighted by atomic mass is 9.64. The Kier molecular flexibility index (Phi) is 5.00. The Labute approximate surface area is 121 Å². The SMILES string of the molecule is CCC1CCCC(CN)(C(O)c2ccc(OC)nc2)C1. The molecule has 0 radical (unpaired) electrons. The predicted molar refractivity (Wildman–Crippen MR) is 79.5 cm³/mol. The first-order valence-electron chi connectivity index (χ1n) is 7.53. The molecule has 20 heavy (non-hydrogen) atoms. The quantitative estimate of drug-likeness (QED) is 0.869. The van der Waals surface area contributed by atoms with Crippen molar-refractivity contribution < 1.29 is 9.84 Å². The van der Waals surface area contributed by atoms with Crippen molar-refractivity contribution in [1.82, 2.24) is 4.98 Å². The van der Waals surface area contributed by atoms with Crippen molar-refractivity contribution in [2.75, 3.05) is 13.7 Å². The second-order valence-electron chi connectivity index (χ2n) is 5.97. The molecule has 1 heterocycles. The number of aliphatic hydroxyl groups excluding tert-OH is 1. The van der Waals surface area contributed by atoms with Gasteiger partial charge >= 0.3 is 0 Å². The minimum atomic E-state index is -0.541. The van der Waals surface area contributed by atoms with Crippen LogP contribution < -0.4 is 10.5 Å². The molecule has 0 aromatic carbocycles. The summed E-state index contributed by atoms with van der Waals surface area (Å²) in [4.78, 5) is 4.19. The number of aromatic nitrogens is 1. The van der Waals surface area contributed by atoms with Crippen LogP contribution in [0.2, 0.25) is 0 Å². The van der Waals surface area contributed by atoms with E-state index in [1.165, 1.54) is 6.42 Å². The first-order valence-corrected chi connectivity index (χ1v) is 7.53. The van der Waals surface area contributed by atoms with Crippen molar-refractivity contribution in [3.63, 3.8) is 0 Å². The van der Waals surface area contributed by atoms with Crippen LogP contribution in [-0.2, 0) is 0 Å². The highest BCUT2D eigenvalue weighted by Crippen LogP contribution is 2.48. The third-order valence-electron chi connectivity index (χ3n) is 4.83. The van der Waals surface area contributed by atoms with E-state index in [1.54, 1.807) is 19.4 Å². The minimum Gasteiger partial charge on any atom is -0.481 e. The van der Waals surface area contributed by atoms with Crippen LogP contribution in [-0.4, -0.2) is 23.7 Å². The van der Waals surface area contributed by atoms with Gasteiger partial charge in [-0.2, -0.15) is 0 Å². The van der Waals surface area contributed by atoms with Crippen molar-refractivity contribution in [2.24, 2.45) is 17.1 Å². The number of hydrogen-bond acceptors (Lipinski definition) is 4. The summed E-state index contributed by atoms with van der Waals surface area (Å²) in [5.41, 5.74) is 6.69. The Morgan fingerprint density at radius 2 is 2.35 bits per heavy atom. The summed E-state index contributed by atoms with van der Waals surface area (Å²) < 4.78 is 5.06. The number of rotatable bonds is 5. The van der Waals surface area contributed by atoms with Crippen LogP contribution >= 0.6 is 0 Å². The Balaban J connectivity index is 2.20. The molecular weight excluding hydrogens is 252 g/mol. The van der Waals surface area contributed by atoms with Gasteiger partial charge in [0.25, 0.3) is 0 Å². The minimum absolute atomic E-state index is 0.199. The lowest BCUT2D eigenvalue weighted by Gasteiger charge is -2.43. The summed E-state index contributed by atoms with van der Waals surface area (Å²) in [6, 6.07) is 3.69. The van der Waals surface area contributed by atoms with Crippen LogP contribution in [0.1, 0.15) is 50.7 Å². The molecule has 0 saturated heterocycles. The molecule has 1 saturated carbocycles. The number of nitrogens with zero attached hydrogens (tertiary/aromatic N) is 1. The molecule has 0 spiro atoms. The third kappa shape index (κ3) is 2.96. The Bertz CT molecular complexity index is 421. The van der Waals surface area contributed by atoms with Gasteiger partial charge in [0.1, 0.15) is 0 Å². The lowest BCUT2D eigenvalue weighted by molar-refractivity contribution is -0.0164. The van der Waals surface area contributed by atoms with Crippen LogP contribution in [0.15, 0.2) is 18.3 Å². The highest BCUT2D eigenvalue weighted by Gasteiger charge is 2.41. The van der Waals surface area contributed by atoms with E-state index >= 15 is 0 Å². The molecule has 1 aliphatic carbocycles. The first-order chi connectivity index (χ1) is 9.65. The van der Waals surface area contributed by atoms with Crippen molar-refractivity contribution in [2.45, 2.75) is 45.1 Å². The molecule has 3 N–H and O–H groups in total. The number of aliphatic hydroxyl groups is 1. The van der Waals surface area contributed by atoms with Gasteiger partial charge in [0.05, 0.1) is 13.2 Å². The van der Waals surface area contributed by atoms with Gasteiger partial charge in [0.2, 0.25) is 5.88 Å². The van der Waals surface area contributed by atoms with E-state index in [0.29, 0.717) is 18.3 Å². The maximum Gasteiger partial charge on any atom is 0.212 e. The number of methoxy groups -OCH3 is 1. The second-order valence-corrected chi connectivity index (χ2v) is 5.97. The Hall–Kier alpha value is -1.13. The molecule has 1 aromatic rings. The van der Waals surface area contributed by atoms with E-state index in [-0.39, 0.29) is 5.41 Å². The molecule has 4 nitrogen and oxygen atoms in total. The topological polar surface area (TPSA) is 68.4 Å². The number of hydrogen-bond donors (Lipinski definition) is 2. The average molecular weight is 278 g/mol. The molecular formula is C16H26N2O2. The Morgan fingerprint density at radius 1 is 1.55 bits per heavy atom. The van der Waals surface area contributed by atoms with Gasteiger partial charge in [-0.15, -0.1) is 0 Å². The smallest absolute Gasteiger partial charge is 0.212 e. The third-order valence-corrected chi connectivity index (χ3v) is 4.83. The number of nitrogens with two attached hydrogens (primary N) is 1. The molecule has 3 atom stereocenters. The fraction of sp³-hybridized carbons (Fsp3) is 0.688. The van der Waals surface area contributed by atoms with Crippen molar-refractivity contribution in [1.29, 1.82) is 0 Å². The predicted octanol–water partition coefficient (Wildman–Crippen LogP) is 2.67. The standard InChI is InChI=1S/C16H26N2O2/c1-3-12-5-4-8-16(9-12,11-17)15(19)13-6-7-14(20-2)18-10-13/h6-7,10,12,15,19H,3-5,8-9,11,17H2,1-2H3. The molecule has 1 aliphatic rings. The molecule has 4 heteroatoms. The van der Waals surface area contributed by atoms with E-state index in [2.05, 4.69) is 11.9 Å². The summed E-state index contributed by atoms with van der Waals surface area (Å²) in [7, 11) is 1.59. The molecule has 0 bridgehead atoms. The van der Waals surface area contributed by atoms with Crippen molar-refractivity contribution in [3.8, 4) is 5.88 Å². The monoisotopic (exact) mass is 278 g/mol. The highest BCUT2D eigenvalue weighted by molar-refractivity contribution is 5.22. The fourth-order valence-electron chi connectivity index (χ4n) is 3.44. The second kappa shape index (κ2) is 6.55. The zero-order chi connectivity index (χ0) is 14.6. The van der Waals surface area contributed by atoms with Crippen LogP contribution in [0.5, 0.6) is 5.88 Å². The van der Waals surface area contributed by atoms with E-state index in [4.69, 9.17) is 10.5 Å². The molecule has 3 unspecified atom stereocenters. The summed E-state index contributed by atoms with van der Waals surface area (Å²) >= 11 is 0. The van der Waals surface area contributed by atoms with Gasteiger partial charge in [0.15, 0.2) is 0 Å². The van der Waals surface area contributed by atoms with Crippen LogP contribution in [0.4, 0.5) is 0 Å². The van der Waals surface area contributed by atoms with Gasteiger partial charge in [-0.1, -0.05) is 26.2 Å². The molecule has 1 aromatic heterocycles. The maximum absolute atomic E-state index is 10.8. The van der Waals surface area contributed by atoms with Crippen LogP contribution in [0.3, 0.4) is 0 Å².